The van der Waals surface area contributed by atoms with Gasteiger partial charge in [0.15, 0.2) is 0 Å². The number of phenols is 1. The molecule has 1 saturated carbocycles. The molecule has 0 amide bonds. The van der Waals surface area contributed by atoms with Crippen LogP contribution in [0, 0.1) is 12.7 Å². The second-order valence-electron chi connectivity index (χ2n) is 7.46. The highest BCUT2D eigenvalue weighted by Crippen LogP contribution is 2.44. The first-order valence-electron chi connectivity index (χ1n) is 9.51. The van der Waals surface area contributed by atoms with Crippen molar-refractivity contribution >= 4 is 10.9 Å². The Hall–Kier alpha value is -3.21. The highest BCUT2D eigenvalue weighted by atomic mass is 19.1. The third-order valence-electron chi connectivity index (χ3n) is 5.53. The van der Waals surface area contributed by atoms with Gasteiger partial charge in [0.25, 0.3) is 0 Å². The SMILES string of the molecule is Cc1c(Cc2ccc(-n3cccn3)cc2)c(C2CC2)nc2c(F)ccc(O)c12. The van der Waals surface area contributed by atoms with Gasteiger partial charge in [-0.3, -0.25) is 0 Å². The van der Waals surface area contributed by atoms with E-state index in [1.807, 2.05) is 36.0 Å². The van der Waals surface area contributed by atoms with E-state index < -0.39 is 0 Å². The molecule has 0 atom stereocenters. The maximum absolute atomic E-state index is 14.4. The van der Waals surface area contributed by atoms with Crippen LogP contribution in [0.4, 0.5) is 4.39 Å². The zero-order valence-corrected chi connectivity index (χ0v) is 15.6. The number of phenolic OH excluding ortho intramolecular Hbond substituents is 1. The molecule has 140 valence electrons. The maximum Gasteiger partial charge on any atom is 0.149 e. The van der Waals surface area contributed by atoms with Gasteiger partial charge in [-0.2, -0.15) is 5.10 Å². The first kappa shape index (κ1) is 16.9. The third-order valence-corrected chi connectivity index (χ3v) is 5.53. The monoisotopic (exact) mass is 373 g/mol. The van der Waals surface area contributed by atoms with Crippen molar-refractivity contribution in [2.24, 2.45) is 0 Å². The summed E-state index contributed by atoms with van der Waals surface area (Å²) in [5, 5.41) is 15.1. The van der Waals surface area contributed by atoms with Crippen LogP contribution < -0.4 is 0 Å². The highest BCUT2D eigenvalue weighted by molar-refractivity contribution is 5.90. The Bertz CT molecular complexity index is 1160. The van der Waals surface area contributed by atoms with Crippen LogP contribution in [0.5, 0.6) is 5.75 Å². The van der Waals surface area contributed by atoms with Crippen LogP contribution in [0.15, 0.2) is 54.9 Å². The molecular formula is C23H20FN3O. The molecule has 0 spiro atoms. The number of aromatic nitrogens is 3. The summed E-state index contributed by atoms with van der Waals surface area (Å²) in [6.07, 6.45) is 6.55. The first-order valence-corrected chi connectivity index (χ1v) is 9.51. The maximum atomic E-state index is 14.4. The Balaban J connectivity index is 1.59. The topological polar surface area (TPSA) is 50.9 Å². The Morgan fingerprint density at radius 3 is 2.61 bits per heavy atom. The summed E-state index contributed by atoms with van der Waals surface area (Å²) in [5.74, 6) is 0.0927. The molecule has 2 heterocycles. The van der Waals surface area contributed by atoms with Crippen molar-refractivity contribution in [2.75, 3.05) is 0 Å². The fraction of sp³-hybridized carbons (Fsp3) is 0.217. The zero-order chi connectivity index (χ0) is 19.3. The normalized spacial score (nSPS) is 13.9. The van der Waals surface area contributed by atoms with Gasteiger partial charge in [0.1, 0.15) is 17.1 Å². The predicted molar refractivity (Wildman–Crippen MR) is 106 cm³/mol. The fourth-order valence-electron chi connectivity index (χ4n) is 3.87. The molecule has 28 heavy (non-hydrogen) atoms. The molecule has 2 aromatic carbocycles. The minimum Gasteiger partial charge on any atom is -0.507 e. The molecule has 0 bridgehead atoms. The number of nitrogens with zero attached hydrogens (tertiary/aromatic N) is 3. The number of halogens is 1. The molecule has 0 aliphatic heterocycles. The van der Waals surface area contributed by atoms with E-state index in [1.54, 1.807) is 6.20 Å². The molecule has 0 saturated heterocycles. The number of hydrogen-bond donors (Lipinski definition) is 1. The summed E-state index contributed by atoms with van der Waals surface area (Å²) in [6, 6.07) is 12.8. The number of hydrogen-bond acceptors (Lipinski definition) is 3. The average molecular weight is 373 g/mol. The van der Waals surface area contributed by atoms with Gasteiger partial charge >= 0.3 is 0 Å². The Morgan fingerprint density at radius 2 is 1.93 bits per heavy atom. The number of benzene rings is 2. The summed E-state index contributed by atoms with van der Waals surface area (Å²) in [4.78, 5) is 4.66. The largest absolute Gasteiger partial charge is 0.507 e. The molecule has 4 nitrogen and oxygen atoms in total. The van der Waals surface area contributed by atoms with Crippen molar-refractivity contribution in [3.05, 3.63) is 83.1 Å². The molecule has 2 aromatic heterocycles. The minimum absolute atomic E-state index is 0.0824. The highest BCUT2D eigenvalue weighted by Gasteiger charge is 2.30. The van der Waals surface area contributed by atoms with Crippen LogP contribution in [0.25, 0.3) is 16.6 Å². The molecule has 5 rings (SSSR count). The second kappa shape index (κ2) is 6.44. The number of pyridine rings is 1. The van der Waals surface area contributed by atoms with E-state index in [0.717, 1.165) is 40.9 Å². The van der Waals surface area contributed by atoms with Gasteiger partial charge in [0.2, 0.25) is 0 Å². The zero-order valence-electron chi connectivity index (χ0n) is 15.6. The van der Waals surface area contributed by atoms with E-state index in [9.17, 15) is 9.50 Å². The van der Waals surface area contributed by atoms with Crippen molar-refractivity contribution in [3.8, 4) is 11.4 Å². The van der Waals surface area contributed by atoms with E-state index in [0.29, 0.717) is 17.7 Å². The van der Waals surface area contributed by atoms with Gasteiger partial charge in [-0.05, 0) is 73.2 Å². The molecular weight excluding hydrogens is 353 g/mol. The molecule has 4 aromatic rings. The van der Waals surface area contributed by atoms with E-state index >= 15 is 0 Å². The van der Waals surface area contributed by atoms with E-state index in [2.05, 4.69) is 22.2 Å². The van der Waals surface area contributed by atoms with Gasteiger partial charge in [0.05, 0.1) is 5.69 Å². The number of fused-ring (bicyclic) bond motifs is 1. The lowest BCUT2D eigenvalue weighted by molar-refractivity contribution is 0.479. The third kappa shape index (κ3) is 2.83. The summed E-state index contributed by atoms with van der Waals surface area (Å²) >= 11 is 0. The predicted octanol–water partition coefficient (Wildman–Crippen LogP) is 5.04. The molecule has 1 aliphatic rings. The van der Waals surface area contributed by atoms with Crippen LogP contribution in [0.1, 0.15) is 41.1 Å². The fourth-order valence-corrected chi connectivity index (χ4v) is 3.87. The lowest BCUT2D eigenvalue weighted by Gasteiger charge is -2.16. The van der Waals surface area contributed by atoms with E-state index in [4.69, 9.17) is 0 Å². The molecule has 1 fully saturated rings. The van der Waals surface area contributed by atoms with Crippen LogP contribution in [0.2, 0.25) is 0 Å². The van der Waals surface area contributed by atoms with Gasteiger partial charge in [0, 0.05) is 29.4 Å². The van der Waals surface area contributed by atoms with Crippen molar-refractivity contribution in [1.82, 2.24) is 14.8 Å². The molecule has 0 radical (unpaired) electrons. The second-order valence-corrected chi connectivity index (χ2v) is 7.46. The molecule has 5 heteroatoms. The van der Waals surface area contributed by atoms with Gasteiger partial charge in [-0.1, -0.05) is 12.1 Å². The van der Waals surface area contributed by atoms with Crippen LogP contribution in [0.3, 0.4) is 0 Å². The lowest BCUT2D eigenvalue weighted by Crippen LogP contribution is -2.04. The standard InChI is InChI=1S/C23H20FN3O/c1-14-18(13-15-3-7-17(8-4-15)27-12-2-11-25-27)22(16-5-6-16)26-23-19(24)9-10-20(28)21(14)23/h2-4,7-12,16,28H,5-6,13H2,1H3. The smallest absolute Gasteiger partial charge is 0.149 e. The number of aromatic hydroxyl groups is 1. The van der Waals surface area contributed by atoms with Crippen molar-refractivity contribution in [2.45, 2.75) is 32.1 Å². The quantitative estimate of drug-likeness (QED) is 0.545. The van der Waals surface area contributed by atoms with Crippen LogP contribution in [-0.2, 0) is 6.42 Å². The average Bonchev–Trinajstić information content (AvgIpc) is 3.40. The number of aryl methyl sites for hydroxylation is 1. The molecule has 1 N–H and O–H groups in total. The van der Waals surface area contributed by atoms with Crippen molar-refractivity contribution in [1.29, 1.82) is 0 Å². The van der Waals surface area contributed by atoms with Crippen molar-refractivity contribution in [3.63, 3.8) is 0 Å². The summed E-state index contributed by atoms with van der Waals surface area (Å²) < 4.78 is 16.2. The molecule has 0 unspecified atom stereocenters. The Morgan fingerprint density at radius 1 is 1.14 bits per heavy atom. The van der Waals surface area contributed by atoms with Crippen LogP contribution >= 0.6 is 0 Å². The van der Waals surface area contributed by atoms with Crippen LogP contribution in [-0.4, -0.2) is 19.9 Å². The van der Waals surface area contributed by atoms with E-state index in [1.165, 1.54) is 12.1 Å². The van der Waals surface area contributed by atoms with Gasteiger partial charge in [-0.15, -0.1) is 0 Å². The summed E-state index contributed by atoms with van der Waals surface area (Å²) in [6.45, 7) is 1.96. The van der Waals surface area contributed by atoms with E-state index in [-0.39, 0.29) is 17.1 Å². The Kier molecular flexibility index (Phi) is 3.90. The number of rotatable bonds is 4. The van der Waals surface area contributed by atoms with Crippen molar-refractivity contribution < 1.29 is 9.50 Å². The molecule has 1 aliphatic carbocycles. The van der Waals surface area contributed by atoms with Gasteiger partial charge < -0.3 is 5.11 Å². The summed E-state index contributed by atoms with van der Waals surface area (Å²) in [5.41, 5.74) is 5.42. The lowest BCUT2D eigenvalue weighted by atomic mass is 9.93. The Labute approximate surface area is 162 Å². The minimum atomic E-state index is -0.382. The van der Waals surface area contributed by atoms with Gasteiger partial charge in [-0.25, -0.2) is 14.1 Å². The first-order chi connectivity index (χ1) is 13.6. The summed E-state index contributed by atoms with van der Waals surface area (Å²) in [7, 11) is 0.